The van der Waals surface area contributed by atoms with E-state index in [9.17, 15) is 0 Å². The highest BCUT2D eigenvalue weighted by molar-refractivity contribution is 7.09. The lowest BCUT2D eigenvalue weighted by Crippen LogP contribution is -2.46. The Balaban J connectivity index is 1.48. The molecule has 4 rings (SSSR count). The van der Waals surface area contributed by atoms with Crippen LogP contribution >= 0.6 is 11.5 Å². The molecule has 0 saturated carbocycles. The third-order valence-electron chi connectivity index (χ3n) is 4.42. The topological polar surface area (TPSA) is 76.5 Å². The molecule has 136 valence electrons. The second-order valence-corrected chi connectivity index (χ2v) is 6.71. The molecule has 1 saturated heterocycles. The zero-order chi connectivity index (χ0) is 17.9. The summed E-state index contributed by atoms with van der Waals surface area (Å²) in [6, 6.07) is 6.22. The molecule has 0 spiro atoms. The number of rotatable bonds is 5. The molecule has 2 aromatic heterocycles. The fourth-order valence-corrected chi connectivity index (χ4v) is 3.82. The Morgan fingerprint density at radius 3 is 2.65 bits per heavy atom. The van der Waals surface area contributed by atoms with E-state index in [1.807, 2.05) is 6.07 Å². The molecule has 0 N–H and O–H groups in total. The van der Waals surface area contributed by atoms with Crippen LogP contribution in [0, 0.1) is 0 Å². The first-order valence-electron chi connectivity index (χ1n) is 8.38. The van der Waals surface area contributed by atoms with Crippen LogP contribution in [0.1, 0.15) is 5.82 Å². The van der Waals surface area contributed by atoms with Crippen LogP contribution in [0.25, 0.3) is 10.9 Å². The molecule has 26 heavy (non-hydrogen) atoms. The Hall–Kier alpha value is -2.52. The highest BCUT2D eigenvalue weighted by atomic mass is 32.1. The van der Waals surface area contributed by atoms with E-state index in [0.717, 1.165) is 53.7 Å². The summed E-state index contributed by atoms with van der Waals surface area (Å²) >= 11 is 1.43. The summed E-state index contributed by atoms with van der Waals surface area (Å²) in [7, 11) is 3.29. The second-order valence-electron chi connectivity index (χ2n) is 5.98. The van der Waals surface area contributed by atoms with Gasteiger partial charge in [0.15, 0.2) is 5.82 Å². The first kappa shape index (κ1) is 16.9. The zero-order valence-corrected chi connectivity index (χ0v) is 15.6. The number of aromatic nitrogens is 4. The van der Waals surface area contributed by atoms with Crippen LogP contribution in [0.5, 0.6) is 5.88 Å². The molecule has 1 aliphatic rings. The molecule has 8 nitrogen and oxygen atoms in total. The number of benzene rings is 1. The normalized spacial score (nSPS) is 14.8. The van der Waals surface area contributed by atoms with Gasteiger partial charge in [0.25, 0.3) is 0 Å². The third kappa shape index (κ3) is 3.27. The first-order valence-corrected chi connectivity index (χ1v) is 9.16. The summed E-state index contributed by atoms with van der Waals surface area (Å²) in [5.74, 6) is 1.35. The summed E-state index contributed by atoms with van der Waals surface area (Å²) in [6.45, 7) is 4.10. The molecule has 0 radical (unpaired) electrons. The largest absolute Gasteiger partial charge is 0.480 e. The monoisotopic (exact) mass is 372 g/mol. The SMILES string of the molecule is COCc1nsc(N2CCN(c3ccc4ncnc(OC)c4c3)CC2)n1. The van der Waals surface area contributed by atoms with Crippen LogP contribution in [0.15, 0.2) is 24.5 Å². The van der Waals surface area contributed by atoms with Gasteiger partial charge in [0.2, 0.25) is 11.0 Å². The molecule has 9 heteroatoms. The molecule has 0 unspecified atom stereocenters. The summed E-state index contributed by atoms with van der Waals surface area (Å²) in [4.78, 5) is 17.7. The van der Waals surface area contributed by atoms with Crippen molar-refractivity contribution < 1.29 is 9.47 Å². The van der Waals surface area contributed by atoms with E-state index in [-0.39, 0.29) is 0 Å². The molecule has 0 bridgehead atoms. The standard InChI is InChI=1S/C17H20N6O2S/c1-24-10-15-20-17(26-21-15)23-7-5-22(6-8-23)12-3-4-14-13(9-12)16(25-2)19-11-18-14/h3-4,9,11H,5-8,10H2,1-2H3. The van der Waals surface area contributed by atoms with Gasteiger partial charge in [0.1, 0.15) is 12.9 Å². The van der Waals surface area contributed by atoms with E-state index < -0.39 is 0 Å². The fourth-order valence-electron chi connectivity index (χ4n) is 3.10. The van der Waals surface area contributed by atoms with Gasteiger partial charge in [-0.3, -0.25) is 0 Å². The van der Waals surface area contributed by atoms with Crippen molar-refractivity contribution in [2.45, 2.75) is 6.61 Å². The lowest BCUT2D eigenvalue weighted by atomic mass is 10.2. The van der Waals surface area contributed by atoms with Gasteiger partial charge in [-0.15, -0.1) is 0 Å². The number of fused-ring (bicyclic) bond motifs is 1. The van der Waals surface area contributed by atoms with Crippen LogP contribution < -0.4 is 14.5 Å². The summed E-state index contributed by atoms with van der Waals surface area (Å²) in [5.41, 5.74) is 2.04. The van der Waals surface area contributed by atoms with Crippen molar-refractivity contribution >= 4 is 33.3 Å². The van der Waals surface area contributed by atoms with E-state index in [2.05, 4.69) is 41.3 Å². The Morgan fingerprint density at radius 1 is 1.08 bits per heavy atom. The number of methoxy groups -OCH3 is 2. The van der Waals surface area contributed by atoms with Crippen molar-refractivity contribution in [2.75, 3.05) is 50.2 Å². The Labute approximate surface area is 155 Å². The Kier molecular flexibility index (Phi) is 4.81. The van der Waals surface area contributed by atoms with Gasteiger partial charge in [-0.05, 0) is 18.2 Å². The summed E-state index contributed by atoms with van der Waals surface area (Å²) in [5, 5.41) is 1.90. The maximum Gasteiger partial charge on any atom is 0.224 e. The van der Waals surface area contributed by atoms with Crippen molar-refractivity contribution in [2.24, 2.45) is 0 Å². The predicted octanol–water partition coefficient (Wildman–Crippen LogP) is 1.96. The molecule has 3 heterocycles. The van der Waals surface area contributed by atoms with Gasteiger partial charge in [-0.2, -0.15) is 4.37 Å². The minimum Gasteiger partial charge on any atom is -0.480 e. The average molecular weight is 372 g/mol. The number of piperazine rings is 1. The maximum absolute atomic E-state index is 5.36. The van der Waals surface area contributed by atoms with Crippen LogP contribution in [0.2, 0.25) is 0 Å². The van der Waals surface area contributed by atoms with Gasteiger partial charge in [-0.1, -0.05) is 0 Å². The number of nitrogens with zero attached hydrogens (tertiary/aromatic N) is 6. The van der Waals surface area contributed by atoms with Gasteiger partial charge in [0.05, 0.1) is 18.0 Å². The Bertz CT molecular complexity index is 894. The van der Waals surface area contributed by atoms with Gasteiger partial charge < -0.3 is 19.3 Å². The molecular weight excluding hydrogens is 352 g/mol. The van der Waals surface area contributed by atoms with Crippen molar-refractivity contribution in [3.63, 3.8) is 0 Å². The molecule has 1 aromatic carbocycles. The van der Waals surface area contributed by atoms with Crippen molar-refractivity contribution in [3.8, 4) is 5.88 Å². The maximum atomic E-state index is 5.36. The summed E-state index contributed by atoms with van der Waals surface area (Å²) < 4.78 is 14.8. The van der Waals surface area contributed by atoms with E-state index in [1.54, 1.807) is 14.2 Å². The smallest absolute Gasteiger partial charge is 0.224 e. The molecule has 1 aliphatic heterocycles. The lowest BCUT2D eigenvalue weighted by molar-refractivity contribution is 0.179. The average Bonchev–Trinajstić information content (AvgIpc) is 3.16. The van der Waals surface area contributed by atoms with Gasteiger partial charge in [0, 0.05) is 50.5 Å². The van der Waals surface area contributed by atoms with Crippen LogP contribution in [0.3, 0.4) is 0 Å². The van der Waals surface area contributed by atoms with Crippen molar-refractivity contribution in [1.82, 2.24) is 19.3 Å². The predicted molar refractivity (Wildman–Crippen MR) is 101 cm³/mol. The number of hydrogen-bond donors (Lipinski definition) is 0. The number of hydrogen-bond acceptors (Lipinski definition) is 9. The quantitative estimate of drug-likeness (QED) is 0.673. The van der Waals surface area contributed by atoms with Gasteiger partial charge in [-0.25, -0.2) is 15.0 Å². The number of anilines is 2. The molecule has 0 aliphatic carbocycles. The van der Waals surface area contributed by atoms with Crippen LogP contribution in [-0.4, -0.2) is 59.7 Å². The van der Waals surface area contributed by atoms with Crippen molar-refractivity contribution in [3.05, 3.63) is 30.4 Å². The minimum atomic E-state index is 0.456. The molecule has 0 amide bonds. The van der Waals surface area contributed by atoms with E-state index >= 15 is 0 Å². The third-order valence-corrected chi connectivity index (χ3v) is 5.24. The molecule has 0 atom stereocenters. The van der Waals surface area contributed by atoms with E-state index in [4.69, 9.17) is 9.47 Å². The molecule has 3 aromatic rings. The minimum absolute atomic E-state index is 0.456. The van der Waals surface area contributed by atoms with Crippen LogP contribution in [0.4, 0.5) is 10.8 Å². The first-order chi connectivity index (χ1) is 12.8. The number of ether oxygens (including phenoxy) is 2. The van der Waals surface area contributed by atoms with E-state index in [0.29, 0.717) is 12.5 Å². The van der Waals surface area contributed by atoms with Crippen LogP contribution in [-0.2, 0) is 11.3 Å². The van der Waals surface area contributed by atoms with E-state index in [1.165, 1.54) is 17.9 Å². The second kappa shape index (κ2) is 7.38. The molecule has 1 fully saturated rings. The lowest BCUT2D eigenvalue weighted by Gasteiger charge is -2.35. The highest BCUT2D eigenvalue weighted by Gasteiger charge is 2.21. The Morgan fingerprint density at radius 2 is 1.88 bits per heavy atom. The zero-order valence-electron chi connectivity index (χ0n) is 14.8. The highest BCUT2D eigenvalue weighted by Crippen LogP contribution is 2.28. The summed E-state index contributed by atoms with van der Waals surface area (Å²) in [6.07, 6.45) is 1.53. The van der Waals surface area contributed by atoms with Gasteiger partial charge >= 0.3 is 0 Å². The molecular formula is C17H20N6O2S. The van der Waals surface area contributed by atoms with Crippen molar-refractivity contribution in [1.29, 1.82) is 0 Å². The fraction of sp³-hybridized carbons (Fsp3) is 0.412.